The Balaban J connectivity index is 2.15. The van der Waals surface area contributed by atoms with E-state index in [4.69, 9.17) is 16.7 Å². The second-order valence-electron chi connectivity index (χ2n) is 3.75. The maximum Gasteiger partial charge on any atom is 0.0434 e. The summed E-state index contributed by atoms with van der Waals surface area (Å²) in [5.41, 5.74) is 3.46. The summed E-state index contributed by atoms with van der Waals surface area (Å²) in [5.74, 6) is 0. The van der Waals surface area contributed by atoms with E-state index in [9.17, 15) is 0 Å². The van der Waals surface area contributed by atoms with E-state index in [1.165, 1.54) is 0 Å². The molecule has 84 valence electrons. The summed E-state index contributed by atoms with van der Waals surface area (Å²) in [6.07, 6.45) is 3.65. The van der Waals surface area contributed by atoms with Crippen LogP contribution in [0.1, 0.15) is 12.1 Å². The highest BCUT2D eigenvalue weighted by molar-refractivity contribution is 6.30. The predicted molar refractivity (Wildman–Crippen MR) is 66.6 cm³/mol. The Bertz CT molecular complexity index is 447. The molecule has 0 aliphatic heterocycles. The van der Waals surface area contributed by atoms with Crippen molar-refractivity contribution in [1.29, 1.82) is 0 Å². The van der Waals surface area contributed by atoms with Crippen molar-refractivity contribution in [2.75, 3.05) is 6.61 Å². The molecule has 0 fully saturated rings. The molecule has 0 bridgehead atoms. The lowest BCUT2D eigenvalue weighted by Crippen LogP contribution is -1.88. The van der Waals surface area contributed by atoms with Crippen LogP contribution in [-0.4, -0.2) is 16.7 Å². The van der Waals surface area contributed by atoms with Crippen molar-refractivity contribution in [3.8, 4) is 11.1 Å². The van der Waals surface area contributed by atoms with Gasteiger partial charge in [-0.05, 0) is 42.2 Å². The number of benzene rings is 1. The molecule has 2 aromatic rings. The SMILES string of the molecule is OCCCc1cc(-c2ccc(Cl)cc2)c[nH]1. The summed E-state index contributed by atoms with van der Waals surface area (Å²) >= 11 is 5.84. The van der Waals surface area contributed by atoms with E-state index in [-0.39, 0.29) is 6.61 Å². The molecule has 2 rings (SSSR count). The lowest BCUT2D eigenvalue weighted by atomic mass is 10.1. The molecular formula is C13H14ClNO. The Kier molecular flexibility index (Phi) is 3.65. The third-order valence-corrected chi connectivity index (χ3v) is 2.78. The van der Waals surface area contributed by atoms with Crippen LogP contribution in [0.5, 0.6) is 0 Å². The van der Waals surface area contributed by atoms with Crippen LogP contribution in [0, 0.1) is 0 Å². The number of aliphatic hydroxyl groups excluding tert-OH is 1. The highest BCUT2D eigenvalue weighted by atomic mass is 35.5. The molecule has 1 aromatic heterocycles. The highest BCUT2D eigenvalue weighted by Crippen LogP contribution is 2.22. The van der Waals surface area contributed by atoms with Crippen molar-refractivity contribution in [1.82, 2.24) is 4.98 Å². The molecule has 1 heterocycles. The van der Waals surface area contributed by atoms with Crippen molar-refractivity contribution < 1.29 is 5.11 Å². The lowest BCUT2D eigenvalue weighted by molar-refractivity contribution is 0.288. The number of hydrogen-bond donors (Lipinski definition) is 2. The summed E-state index contributed by atoms with van der Waals surface area (Å²) in [6.45, 7) is 0.231. The normalized spacial score (nSPS) is 10.6. The molecular weight excluding hydrogens is 222 g/mol. The Hall–Kier alpha value is -1.25. The molecule has 0 amide bonds. The molecule has 1 aromatic carbocycles. The molecule has 0 atom stereocenters. The number of H-pyrrole nitrogens is 1. The van der Waals surface area contributed by atoms with E-state index < -0.39 is 0 Å². The maximum atomic E-state index is 8.75. The number of aliphatic hydroxyl groups is 1. The van der Waals surface area contributed by atoms with Crippen molar-refractivity contribution in [3.63, 3.8) is 0 Å². The quantitative estimate of drug-likeness (QED) is 0.839. The minimum atomic E-state index is 0.231. The van der Waals surface area contributed by atoms with Gasteiger partial charge in [-0.15, -0.1) is 0 Å². The maximum absolute atomic E-state index is 8.75. The van der Waals surface area contributed by atoms with Gasteiger partial charge in [0.2, 0.25) is 0 Å². The van der Waals surface area contributed by atoms with Crippen LogP contribution in [0.15, 0.2) is 36.5 Å². The number of aromatic amines is 1. The molecule has 2 N–H and O–H groups in total. The van der Waals surface area contributed by atoms with Gasteiger partial charge in [-0.3, -0.25) is 0 Å². The molecule has 0 spiro atoms. The second kappa shape index (κ2) is 5.19. The van der Waals surface area contributed by atoms with Crippen LogP contribution in [0.2, 0.25) is 5.02 Å². The van der Waals surface area contributed by atoms with Gasteiger partial charge in [-0.25, -0.2) is 0 Å². The van der Waals surface area contributed by atoms with Crippen molar-refractivity contribution >= 4 is 11.6 Å². The average Bonchev–Trinajstić information content (AvgIpc) is 2.76. The molecule has 3 heteroatoms. The van der Waals surface area contributed by atoms with Crippen molar-refractivity contribution in [2.45, 2.75) is 12.8 Å². The van der Waals surface area contributed by atoms with Gasteiger partial charge in [-0.2, -0.15) is 0 Å². The van der Waals surface area contributed by atoms with Crippen LogP contribution in [0.3, 0.4) is 0 Å². The molecule has 0 saturated heterocycles. The number of nitrogens with one attached hydrogen (secondary N) is 1. The summed E-state index contributed by atoms with van der Waals surface area (Å²) in [5, 5.41) is 9.50. The van der Waals surface area contributed by atoms with Crippen LogP contribution < -0.4 is 0 Å². The van der Waals surface area contributed by atoms with Gasteiger partial charge >= 0.3 is 0 Å². The smallest absolute Gasteiger partial charge is 0.0434 e. The largest absolute Gasteiger partial charge is 0.396 e. The minimum absolute atomic E-state index is 0.231. The van der Waals surface area contributed by atoms with Gasteiger partial charge < -0.3 is 10.1 Å². The van der Waals surface area contributed by atoms with Gasteiger partial charge in [0.15, 0.2) is 0 Å². The van der Waals surface area contributed by atoms with Gasteiger partial charge in [0, 0.05) is 23.5 Å². The van der Waals surface area contributed by atoms with Crippen LogP contribution in [0.25, 0.3) is 11.1 Å². The summed E-state index contributed by atoms with van der Waals surface area (Å²) < 4.78 is 0. The van der Waals surface area contributed by atoms with Gasteiger partial charge in [0.25, 0.3) is 0 Å². The van der Waals surface area contributed by atoms with Crippen LogP contribution >= 0.6 is 11.6 Å². The third kappa shape index (κ3) is 2.65. The molecule has 0 aliphatic carbocycles. The fourth-order valence-corrected chi connectivity index (χ4v) is 1.79. The van der Waals surface area contributed by atoms with E-state index in [1.54, 1.807) is 0 Å². The zero-order chi connectivity index (χ0) is 11.4. The number of rotatable bonds is 4. The minimum Gasteiger partial charge on any atom is -0.396 e. The first-order chi connectivity index (χ1) is 7.79. The van der Waals surface area contributed by atoms with E-state index in [0.717, 1.165) is 34.7 Å². The monoisotopic (exact) mass is 235 g/mol. The Morgan fingerprint density at radius 3 is 2.56 bits per heavy atom. The summed E-state index contributed by atoms with van der Waals surface area (Å²) in [6, 6.07) is 9.89. The Labute approximate surface area is 99.9 Å². The Morgan fingerprint density at radius 2 is 1.88 bits per heavy atom. The van der Waals surface area contributed by atoms with Gasteiger partial charge in [-0.1, -0.05) is 23.7 Å². The standard InChI is InChI=1S/C13H14ClNO/c14-12-5-3-10(4-6-12)11-8-13(15-9-11)2-1-7-16/h3-6,8-9,15-16H,1-2,7H2. The van der Waals surface area contributed by atoms with Crippen LogP contribution in [0.4, 0.5) is 0 Å². The first-order valence-electron chi connectivity index (χ1n) is 5.33. The molecule has 0 radical (unpaired) electrons. The third-order valence-electron chi connectivity index (χ3n) is 2.52. The van der Waals surface area contributed by atoms with Crippen molar-refractivity contribution in [2.24, 2.45) is 0 Å². The zero-order valence-corrected chi connectivity index (χ0v) is 9.67. The Morgan fingerprint density at radius 1 is 1.12 bits per heavy atom. The fourth-order valence-electron chi connectivity index (χ4n) is 1.66. The average molecular weight is 236 g/mol. The first kappa shape index (κ1) is 11.2. The highest BCUT2D eigenvalue weighted by Gasteiger charge is 2.01. The van der Waals surface area contributed by atoms with Gasteiger partial charge in [0.1, 0.15) is 0 Å². The molecule has 0 saturated carbocycles. The second-order valence-corrected chi connectivity index (χ2v) is 4.18. The van der Waals surface area contributed by atoms with Crippen LogP contribution in [-0.2, 0) is 6.42 Å². The summed E-state index contributed by atoms with van der Waals surface area (Å²) in [4.78, 5) is 3.21. The summed E-state index contributed by atoms with van der Waals surface area (Å²) in [7, 11) is 0. The first-order valence-corrected chi connectivity index (χ1v) is 5.71. The zero-order valence-electron chi connectivity index (χ0n) is 8.91. The molecule has 0 aliphatic rings. The number of hydrogen-bond acceptors (Lipinski definition) is 1. The van der Waals surface area contributed by atoms with Gasteiger partial charge in [0.05, 0.1) is 0 Å². The van der Waals surface area contributed by atoms with E-state index >= 15 is 0 Å². The van der Waals surface area contributed by atoms with Crippen molar-refractivity contribution in [3.05, 3.63) is 47.2 Å². The molecule has 16 heavy (non-hydrogen) atoms. The molecule has 2 nitrogen and oxygen atoms in total. The fraction of sp³-hybridized carbons (Fsp3) is 0.231. The number of aryl methyl sites for hydroxylation is 1. The number of halogens is 1. The molecule has 0 unspecified atom stereocenters. The topological polar surface area (TPSA) is 36.0 Å². The lowest BCUT2D eigenvalue weighted by Gasteiger charge is -1.97. The van der Waals surface area contributed by atoms with E-state index in [2.05, 4.69) is 11.1 Å². The predicted octanol–water partition coefficient (Wildman–Crippen LogP) is 3.26. The van der Waals surface area contributed by atoms with E-state index in [0.29, 0.717) is 0 Å². The number of aromatic nitrogens is 1. The van der Waals surface area contributed by atoms with E-state index in [1.807, 2.05) is 30.5 Å².